The molecule has 0 N–H and O–H groups in total. The van der Waals surface area contributed by atoms with Crippen LogP contribution in [0.25, 0.3) is 0 Å². The number of hydrogen-bond acceptors (Lipinski definition) is 4. The number of amides is 1. The molecule has 7 heteroatoms. The van der Waals surface area contributed by atoms with Crippen LogP contribution >= 0.6 is 0 Å². The Morgan fingerprint density at radius 2 is 1.53 bits per heavy atom. The summed E-state index contributed by atoms with van der Waals surface area (Å²) in [5.74, 6) is 0.346. The normalized spacial score (nSPS) is 16.3. The van der Waals surface area contributed by atoms with Crippen molar-refractivity contribution in [2.45, 2.75) is 31.1 Å². The second-order valence-electron chi connectivity index (χ2n) is 8.02. The van der Waals surface area contributed by atoms with Crippen LogP contribution < -0.4 is 4.90 Å². The molecule has 3 rings (SSSR count). The molecule has 0 aliphatic carbocycles. The van der Waals surface area contributed by atoms with Crippen molar-refractivity contribution in [1.82, 2.24) is 9.21 Å². The van der Waals surface area contributed by atoms with E-state index in [-0.39, 0.29) is 5.91 Å². The van der Waals surface area contributed by atoms with Crippen LogP contribution in [0.4, 0.5) is 5.69 Å². The molecule has 1 saturated heterocycles. The van der Waals surface area contributed by atoms with E-state index < -0.39 is 10.0 Å². The summed E-state index contributed by atoms with van der Waals surface area (Å²) in [6.07, 6.45) is 1.01. The Balaban J connectivity index is 1.64. The van der Waals surface area contributed by atoms with E-state index in [9.17, 15) is 13.2 Å². The molecule has 0 spiro atoms. The van der Waals surface area contributed by atoms with Crippen LogP contribution in [0.1, 0.15) is 42.1 Å². The molecule has 162 valence electrons. The molecule has 0 unspecified atom stereocenters. The van der Waals surface area contributed by atoms with Crippen molar-refractivity contribution >= 4 is 21.6 Å². The number of nitrogens with zero attached hydrogens (tertiary/aromatic N) is 3. The van der Waals surface area contributed by atoms with Crippen molar-refractivity contribution in [2.24, 2.45) is 0 Å². The number of carbonyl (C=O) groups excluding carboxylic acids is 1. The zero-order valence-corrected chi connectivity index (χ0v) is 19.0. The van der Waals surface area contributed by atoms with Crippen LogP contribution in [-0.2, 0) is 10.0 Å². The fourth-order valence-electron chi connectivity index (χ4n) is 3.57. The highest BCUT2D eigenvalue weighted by atomic mass is 32.2. The molecule has 1 amide bonds. The predicted molar refractivity (Wildman–Crippen MR) is 121 cm³/mol. The molecule has 0 radical (unpaired) electrons. The molecule has 0 bridgehead atoms. The first-order valence-electron chi connectivity index (χ1n) is 10.4. The first kappa shape index (κ1) is 22.3. The summed E-state index contributed by atoms with van der Waals surface area (Å²) < 4.78 is 27.5. The molecular formula is C23H31N3O3S. The van der Waals surface area contributed by atoms with E-state index in [0.717, 1.165) is 17.7 Å². The van der Waals surface area contributed by atoms with Gasteiger partial charge in [0.2, 0.25) is 10.0 Å². The van der Waals surface area contributed by atoms with Gasteiger partial charge in [-0.25, -0.2) is 8.42 Å². The lowest BCUT2D eigenvalue weighted by atomic mass is 9.99. The first-order chi connectivity index (χ1) is 14.2. The van der Waals surface area contributed by atoms with E-state index in [4.69, 9.17) is 0 Å². The molecule has 2 aromatic carbocycles. The Kier molecular flexibility index (Phi) is 6.83. The monoisotopic (exact) mass is 429 g/mol. The summed E-state index contributed by atoms with van der Waals surface area (Å²) in [7, 11) is 0.355. The van der Waals surface area contributed by atoms with Crippen molar-refractivity contribution in [3.63, 3.8) is 0 Å². The number of rotatable bonds is 6. The number of sulfonamides is 1. The van der Waals surface area contributed by atoms with Gasteiger partial charge >= 0.3 is 0 Å². The van der Waals surface area contributed by atoms with Gasteiger partial charge in [0, 0.05) is 51.5 Å². The van der Waals surface area contributed by atoms with Crippen LogP contribution in [-0.4, -0.2) is 63.8 Å². The molecule has 1 fully saturated rings. The largest absolute Gasteiger partial charge is 0.378 e. The summed E-state index contributed by atoms with van der Waals surface area (Å²) in [5, 5.41) is 0. The summed E-state index contributed by atoms with van der Waals surface area (Å²) in [6, 6.07) is 14.7. The lowest BCUT2D eigenvalue weighted by Gasteiger charge is -2.34. The summed E-state index contributed by atoms with van der Waals surface area (Å²) in [6.45, 7) is 5.63. The van der Waals surface area contributed by atoms with E-state index in [1.54, 1.807) is 17.0 Å². The quantitative estimate of drug-likeness (QED) is 0.706. The highest BCUT2D eigenvalue weighted by molar-refractivity contribution is 7.89. The maximum Gasteiger partial charge on any atom is 0.253 e. The maximum atomic E-state index is 13.0. The average Bonchev–Trinajstić information content (AvgIpc) is 2.78. The van der Waals surface area contributed by atoms with Crippen LogP contribution in [0.15, 0.2) is 53.4 Å². The number of anilines is 1. The molecule has 0 aromatic heterocycles. The number of carbonyl (C=O) groups is 1. The maximum absolute atomic E-state index is 13.0. The number of piperazine rings is 1. The Labute approximate surface area is 180 Å². The number of hydrogen-bond donors (Lipinski definition) is 0. The minimum atomic E-state index is -3.55. The van der Waals surface area contributed by atoms with Gasteiger partial charge < -0.3 is 9.80 Å². The minimum absolute atomic E-state index is 0.0599. The van der Waals surface area contributed by atoms with Gasteiger partial charge in [-0.15, -0.1) is 0 Å². The third-order valence-electron chi connectivity index (χ3n) is 5.86. The minimum Gasteiger partial charge on any atom is -0.378 e. The summed E-state index contributed by atoms with van der Waals surface area (Å²) in [4.78, 5) is 16.8. The summed E-state index contributed by atoms with van der Waals surface area (Å²) >= 11 is 0. The fourth-order valence-corrected chi connectivity index (χ4v) is 4.99. The van der Waals surface area contributed by atoms with E-state index in [1.807, 2.05) is 55.4 Å². The van der Waals surface area contributed by atoms with Gasteiger partial charge in [-0.3, -0.25) is 4.79 Å². The van der Waals surface area contributed by atoms with Crippen molar-refractivity contribution in [2.75, 3.05) is 45.2 Å². The Hall–Kier alpha value is -2.38. The van der Waals surface area contributed by atoms with Gasteiger partial charge in [-0.1, -0.05) is 26.0 Å². The first-order valence-corrected chi connectivity index (χ1v) is 11.8. The van der Waals surface area contributed by atoms with E-state index in [2.05, 4.69) is 13.8 Å². The molecule has 6 nitrogen and oxygen atoms in total. The van der Waals surface area contributed by atoms with Crippen LogP contribution in [0.2, 0.25) is 0 Å². The fraction of sp³-hybridized carbons (Fsp3) is 0.435. The number of benzene rings is 2. The van der Waals surface area contributed by atoms with Gasteiger partial charge in [-0.2, -0.15) is 4.31 Å². The molecule has 1 aliphatic heterocycles. The highest BCUT2D eigenvalue weighted by Gasteiger charge is 2.30. The van der Waals surface area contributed by atoms with E-state index in [1.165, 1.54) is 4.31 Å². The Morgan fingerprint density at radius 3 is 2.03 bits per heavy atom. The second-order valence-corrected chi connectivity index (χ2v) is 9.95. The average molecular weight is 430 g/mol. The summed E-state index contributed by atoms with van der Waals surface area (Å²) in [5.41, 5.74) is 2.80. The van der Waals surface area contributed by atoms with Gasteiger partial charge in [0.05, 0.1) is 4.90 Å². The topological polar surface area (TPSA) is 60.9 Å². The third-order valence-corrected chi connectivity index (χ3v) is 7.77. The predicted octanol–water partition coefficient (Wildman–Crippen LogP) is 3.41. The zero-order chi connectivity index (χ0) is 21.9. The van der Waals surface area contributed by atoms with Crippen molar-refractivity contribution in [3.05, 3.63) is 59.7 Å². The molecule has 1 heterocycles. The molecule has 1 atom stereocenters. The SMILES string of the molecule is CC[C@H](C)c1ccc(S(=O)(=O)N2CCN(C(=O)c3ccc(N(C)C)cc3)CC2)cc1. The molecule has 2 aromatic rings. The highest BCUT2D eigenvalue weighted by Crippen LogP contribution is 2.23. The zero-order valence-electron chi connectivity index (χ0n) is 18.2. The van der Waals surface area contributed by atoms with Gasteiger partial charge in [0.15, 0.2) is 0 Å². The van der Waals surface area contributed by atoms with Crippen molar-refractivity contribution < 1.29 is 13.2 Å². The standard InChI is InChI=1S/C23H31N3O3S/c1-5-18(2)19-8-12-22(13-9-19)30(28,29)26-16-14-25(15-17-26)23(27)20-6-10-21(11-7-20)24(3)4/h6-13,18H,5,14-17H2,1-4H3/t18-/m0/s1. The molecular weight excluding hydrogens is 398 g/mol. The molecule has 1 aliphatic rings. The second kappa shape index (κ2) is 9.18. The lowest BCUT2D eigenvalue weighted by Crippen LogP contribution is -2.50. The van der Waals surface area contributed by atoms with Crippen molar-refractivity contribution in [3.8, 4) is 0 Å². The van der Waals surface area contributed by atoms with Gasteiger partial charge in [0.25, 0.3) is 5.91 Å². The Morgan fingerprint density at radius 1 is 0.967 bits per heavy atom. The van der Waals surface area contributed by atoms with Crippen LogP contribution in [0.3, 0.4) is 0 Å². The Bertz CT molecular complexity index is 962. The van der Waals surface area contributed by atoms with Gasteiger partial charge in [-0.05, 0) is 54.3 Å². The smallest absolute Gasteiger partial charge is 0.253 e. The lowest BCUT2D eigenvalue weighted by molar-refractivity contribution is 0.0698. The van der Waals surface area contributed by atoms with E-state index >= 15 is 0 Å². The molecule has 30 heavy (non-hydrogen) atoms. The third kappa shape index (κ3) is 4.68. The van der Waals surface area contributed by atoms with Crippen LogP contribution in [0.5, 0.6) is 0 Å². The van der Waals surface area contributed by atoms with Crippen molar-refractivity contribution in [1.29, 1.82) is 0 Å². The van der Waals surface area contributed by atoms with Crippen LogP contribution in [0, 0.1) is 0 Å². The molecule has 0 saturated carbocycles. The van der Waals surface area contributed by atoms with Gasteiger partial charge in [0.1, 0.15) is 0 Å². The van der Waals surface area contributed by atoms with E-state index in [0.29, 0.717) is 42.6 Å².